The van der Waals surface area contributed by atoms with E-state index in [9.17, 15) is 4.79 Å². The molecule has 1 aromatic heterocycles. The van der Waals surface area contributed by atoms with Crippen LogP contribution in [0.3, 0.4) is 0 Å². The summed E-state index contributed by atoms with van der Waals surface area (Å²) in [5, 5.41) is 4.31. The lowest BCUT2D eigenvalue weighted by Gasteiger charge is -2.22. The van der Waals surface area contributed by atoms with Crippen LogP contribution in [0.5, 0.6) is 11.5 Å². The first kappa shape index (κ1) is 23.4. The third-order valence-electron chi connectivity index (χ3n) is 6.32. The average Bonchev–Trinajstić information content (AvgIpc) is 3.30. The molecule has 176 valence electrons. The number of para-hydroxylation sites is 1. The van der Waals surface area contributed by atoms with Gasteiger partial charge in [0.05, 0.1) is 14.2 Å². The fourth-order valence-electron chi connectivity index (χ4n) is 4.50. The predicted octanol–water partition coefficient (Wildman–Crippen LogP) is 5.84. The van der Waals surface area contributed by atoms with Gasteiger partial charge in [0.2, 0.25) is 5.91 Å². The summed E-state index contributed by atoms with van der Waals surface area (Å²) < 4.78 is 11.1. The number of rotatable bonds is 10. The van der Waals surface area contributed by atoms with Crippen LogP contribution >= 0.6 is 0 Å². The number of aromatic nitrogens is 1. The van der Waals surface area contributed by atoms with Crippen LogP contribution in [0.15, 0.2) is 79.0 Å². The summed E-state index contributed by atoms with van der Waals surface area (Å²) in [7, 11) is 3.28. The summed E-state index contributed by atoms with van der Waals surface area (Å²) in [6.45, 7) is 2.06. The Bertz CT molecular complexity index is 1230. The lowest BCUT2D eigenvalue weighted by molar-refractivity contribution is -0.121. The number of aromatic amines is 1. The van der Waals surface area contributed by atoms with E-state index in [1.807, 2.05) is 60.8 Å². The maximum atomic E-state index is 13.2. The number of hydrogen-bond donors (Lipinski definition) is 2. The summed E-state index contributed by atoms with van der Waals surface area (Å²) >= 11 is 0. The van der Waals surface area contributed by atoms with Gasteiger partial charge in [-0.15, -0.1) is 0 Å². The van der Waals surface area contributed by atoms with Crippen LogP contribution in [0, 0.1) is 0 Å². The van der Waals surface area contributed by atoms with E-state index >= 15 is 0 Å². The van der Waals surface area contributed by atoms with Gasteiger partial charge in [-0.05, 0) is 43.0 Å². The second-order valence-corrected chi connectivity index (χ2v) is 8.65. The van der Waals surface area contributed by atoms with Crippen LogP contribution in [-0.2, 0) is 11.2 Å². The zero-order chi connectivity index (χ0) is 23.9. The fourth-order valence-corrected chi connectivity index (χ4v) is 4.50. The van der Waals surface area contributed by atoms with Gasteiger partial charge in [-0.2, -0.15) is 0 Å². The molecule has 1 amide bonds. The summed E-state index contributed by atoms with van der Waals surface area (Å²) in [5.41, 5.74) is 4.36. The quantitative estimate of drug-likeness (QED) is 0.315. The Balaban J connectivity index is 1.57. The predicted molar refractivity (Wildman–Crippen MR) is 137 cm³/mol. The zero-order valence-corrected chi connectivity index (χ0v) is 20.0. The van der Waals surface area contributed by atoms with Gasteiger partial charge < -0.3 is 19.8 Å². The first-order chi connectivity index (χ1) is 16.6. The molecule has 0 aliphatic heterocycles. The lowest BCUT2D eigenvalue weighted by atomic mass is 9.87. The largest absolute Gasteiger partial charge is 0.497 e. The highest BCUT2D eigenvalue weighted by molar-refractivity contribution is 5.86. The SMILES string of the molecule is COc1ccc([C@@H](CC(=O)N[C@@H](C)CCc2ccccc2)c2c[nH]c3ccccc23)c(OC)c1. The minimum Gasteiger partial charge on any atom is -0.497 e. The van der Waals surface area contributed by atoms with Gasteiger partial charge in [0.25, 0.3) is 0 Å². The first-order valence-corrected chi connectivity index (χ1v) is 11.7. The van der Waals surface area contributed by atoms with Gasteiger partial charge >= 0.3 is 0 Å². The number of carbonyl (C=O) groups excluding carboxylic acids is 1. The highest BCUT2D eigenvalue weighted by atomic mass is 16.5. The molecule has 4 rings (SSSR count). The Kier molecular flexibility index (Phi) is 7.53. The number of fused-ring (bicyclic) bond motifs is 1. The molecular formula is C29H32N2O3. The molecule has 4 aromatic rings. The van der Waals surface area contributed by atoms with Crippen molar-refractivity contribution in [3.8, 4) is 11.5 Å². The highest BCUT2D eigenvalue weighted by Crippen LogP contribution is 2.39. The van der Waals surface area contributed by atoms with Crippen LogP contribution in [0.1, 0.15) is 42.4 Å². The Hall–Kier alpha value is -3.73. The number of H-pyrrole nitrogens is 1. The van der Waals surface area contributed by atoms with Crippen molar-refractivity contribution in [2.75, 3.05) is 14.2 Å². The molecule has 3 aromatic carbocycles. The molecule has 0 saturated carbocycles. The molecule has 1 heterocycles. The minimum absolute atomic E-state index is 0.0220. The maximum Gasteiger partial charge on any atom is 0.221 e. The molecule has 5 nitrogen and oxygen atoms in total. The van der Waals surface area contributed by atoms with E-state index in [2.05, 4.69) is 35.4 Å². The normalized spacial score (nSPS) is 12.8. The van der Waals surface area contributed by atoms with Crippen LogP contribution < -0.4 is 14.8 Å². The molecule has 0 aliphatic rings. The minimum atomic E-state index is -0.168. The number of hydrogen-bond acceptors (Lipinski definition) is 3. The van der Waals surface area contributed by atoms with Crippen molar-refractivity contribution in [1.82, 2.24) is 10.3 Å². The van der Waals surface area contributed by atoms with Gasteiger partial charge in [-0.3, -0.25) is 4.79 Å². The van der Waals surface area contributed by atoms with Crippen molar-refractivity contribution in [2.24, 2.45) is 0 Å². The van der Waals surface area contributed by atoms with Gasteiger partial charge in [-0.1, -0.05) is 54.6 Å². The van der Waals surface area contributed by atoms with E-state index in [1.54, 1.807) is 14.2 Å². The monoisotopic (exact) mass is 456 g/mol. The van der Waals surface area contributed by atoms with E-state index in [-0.39, 0.29) is 17.9 Å². The molecule has 0 radical (unpaired) electrons. The van der Waals surface area contributed by atoms with Gasteiger partial charge in [-0.25, -0.2) is 0 Å². The van der Waals surface area contributed by atoms with E-state index in [0.717, 1.165) is 40.6 Å². The number of nitrogens with one attached hydrogen (secondary N) is 2. The van der Waals surface area contributed by atoms with Crippen LogP contribution in [0.2, 0.25) is 0 Å². The number of methoxy groups -OCH3 is 2. The Morgan fingerprint density at radius 2 is 1.71 bits per heavy atom. The first-order valence-electron chi connectivity index (χ1n) is 11.7. The van der Waals surface area contributed by atoms with Crippen LogP contribution in [-0.4, -0.2) is 31.2 Å². The smallest absolute Gasteiger partial charge is 0.221 e. The Labute approximate surface area is 201 Å². The topological polar surface area (TPSA) is 63.3 Å². The van der Waals surface area contributed by atoms with Crippen molar-refractivity contribution in [3.63, 3.8) is 0 Å². The number of aryl methyl sites for hydroxylation is 1. The molecule has 2 atom stereocenters. The van der Waals surface area contributed by atoms with Crippen molar-refractivity contribution < 1.29 is 14.3 Å². The summed E-state index contributed by atoms with van der Waals surface area (Å²) in [6.07, 6.45) is 4.14. The molecule has 5 heteroatoms. The Morgan fingerprint density at radius 1 is 0.941 bits per heavy atom. The van der Waals surface area contributed by atoms with Crippen LogP contribution in [0.25, 0.3) is 10.9 Å². The zero-order valence-electron chi connectivity index (χ0n) is 20.0. The van der Waals surface area contributed by atoms with Crippen molar-refractivity contribution in [1.29, 1.82) is 0 Å². The molecule has 0 aliphatic carbocycles. The summed E-state index contributed by atoms with van der Waals surface area (Å²) in [5.74, 6) is 1.28. The van der Waals surface area contributed by atoms with E-state index in [4.69, 9.17) is 9.47 Å². The molecule has 0 fully saturated rings. The van der Waals surface area contributed by atoms with E-state index in [0.29, 0.717) is 12.2 Å². The Morgan fingerprint density at radius 3 is 2.47 bits per heavy atom. The average molecular weight is 457 g/mol. The number of carbonyl (C=O) groups is 1. The van der Waals surface area contributed by atoms with Crippen molar-refractivity contribution in [3.05, 3.63) is 95.7 Å². The van der Waals surface area contributed by atoms with Crippen molar-refractivity contribution >= 4 is 16.8 Å². The number of amides is 1. The van der Waals surface area contributed by atoms with Gasteiger partial charge in [0, 0.05) is 47.1 Å². The molecular weight excluding hydrogens is 424 g/mol. The van der Waals surface area contributed by atoms with Gasteiger partial charge in [0.15, 0.2) is 0 Å². The molecule has 34 heavy (non-hydrogen) atoms. The standard InChI is InChI=1S/C29H32N2O3/c1-20(13-14-21-9-5-4-6-10-21)31-29(32)18-25(24-16-15-22(33-2)17-28(24)34-3)26-19-30-27-12-8-7-11-23(26)27/h4-12,15-17,19-20,25,30H,13-14,18H2,1-3H3,(H,31,32)/t20-,25+/m0/s1. The number of ether oxygens (including phenoxy) is 2. The summed E-state index contributed by atoms with van der Waals surface area (Å²) in [4.78, 5) is 16.6. The third kappa shape index (κ3) is 5.42. The van der Waals surface area contributed by atoms with E-state index in [1.165, 1.54) is 5.56 Å². The molecule has 2 N–H and O–H groups in total. The summed E-state index contributed by atoms with van der Waals surface area (Å²) in [6, 6.07) is 24.4. The molecule has 0 unspecified atom stereocenters. The van der Waals surface area contributed by atoms with E-state index < -0.39 is 0 Å². The van der Waals surface area contributed by atoms with Crippen LogP contribution in [0.4, 0.5) is 0 Å². The molecule has 0 spiro atoms. The fraction of sp³-hybridized carbons (Fsp3) is 0.276. The third-order valence-corrected chi connectivity index (χ3v) is 6.32. The molecule has 0 saturated heterocycles. The van der Waals surface area contributed by atoms with Gasteiger partial charge in [0.1, 0.15) is 11.5 Å². The molecule has 0 bridgehead atoms. The highest BCUT2D eigenvalue weighted by Gasteiger charge is 2.25. The second kappa shape index (κ2) is 10.9. The number of benzene rings is 3. The second-order valence-electron chi connectivity index (χ2n) is 8.65. The lowest BCUT2D eigenvalue weighted by Crippen LogP contribution is -2.34. The maximum absolute atomic E-state index is 13.2. The van der Waals surface area contributed by atoms with Crippen molar-refractivity contribution in [2.45, 2.75) is 38.1 Å².